The summed E-state index contributed by atoms with van der Waals surface area (Å²) in [5, 5.41) is 14.9. The summed E-state index contributed by atoms with van der Waals surface area (Å²) in [6.07, 6.45) is 0. The van der Waals surface area contributed by atoms with Crippen LogP contribution in [-0.4, -0.2) is 79.3 Å². The number of oxime groups is 1. The van der Waals surface area contributed by atoms with E-state index in [-0.39, 0.29) is 29.1 Å². The van der Waals surface area contributed by atoms with E-state index < -0.39 is 47.2 Å². The molecule has 1 aromatic rings. The molecule has 2 saturated heterocycles. The molecule has 2 fully saturated rings. The summed E-state index contributed by atoms with van der Waals surface area (Å²) in [5.41, 5.74) is 3.81. The van der Waals surface area contributed by atoms with E-state index in [1.807, 2.05) is 0 Å². The van der Waals surface area contributed by atoms with E-state index in [0.29, 0.717) is 0 Å². The van der Waals surface area contributed by atoms with Crippen molar-refractivity contribution in [1.29, 1.82) is 0 Å². The Labute approximate surface area is 170 Å². The number of nitrogen functional groups attached to an aromatic ring is 1. The molecule has 2 aliphatic rings. The van der Waals surface area contributed by atoms with Crippen molar-refractivity contribution in [2.75, 3.05) is 30.8 Å². The highest BCUT2D eigenvalue weighted by Crippen LogP contribution is 2.42. The van der Waals surface area contributed by atoms with Gasteiger partial charge in [0, 0.05) is 29.7 Å². The Morgan fingerprint density at radius 1 is 1.57 bits per heavy atom. The molecule has 3 rings (SSSR count). The number of aliphatic carboxylic acids is 1. The van der Waals surface area contributed by atoms with Crippen LogP contribution < -0.4 is 11.1 Å². The summed E-state index contributed by atoms with van der Waals surface area (Å²) in [6.45, 7) is -1.33. The van der Waals surface area contributed by atoms with Crippen molar-refractivity contribution in [2.45, 2.75) is 11.4 Å². The fraction of sp³-hybridized carbons (Fsp3) is 0.538. The third kappa shape index (κ3) is 3.58. The number of rotatable bonds is 7. The van der Waals surface area contributed by atoms with Gasteiger partial charge >= 0.3 is 5.97 Å². The van der Waals surface area contributed by atoms with Crippen molar-refractivity contribution >= 4 is 63.5 Å². The van der Waals surface area contributed by atoms with Crippen LogP contribution in [0.2, 0.25) is 0 Å². The summed E-state index contributed by atoms with van der Waals surface area (Å²) in [5.74, 6) is -2.52. The number of carboxylic acid groups (broad SMARTS) is 1. The van der Waals surface area contributed by atoms with Gasteiger partial charge in [-0.1, -0.05) is 5.16 Å². The smallest absolute Gasteiger partial charge is 0.313 e. The predicted octanol–water partition coefficient (Wildman–Crippen LogP) is -0.522. The van der Waals surface area contributed by atoms with Crippen LogP contribution in [0.4, 0.5) is 9.52 Å². The number of anilines is 1. The Kier molecular flexibility index (Phi) is 5.90. The number of carbonyl (C=O) groups is 3. The first-order valence-electron chi connectivity index (χ1n) is 7.71. The Bertz CT molecular complexity index is 840. The lowest BCUT2D eigenvalue weighted by Crippen LogP contribution is -2.74. The number of hydrogen-bond donors (Lipinski definition) is 3. The second-order valence-corrected chi connectivity index (χ2v) is 8.13. The van der Waals surface area contributed by atoms with Crippen LogP contribution in [0.5, 0.6) is 0 Å². The van der Waals surface area contributed by atoms with Gasteiger partial charge in [-0.05, 0) is 0 Å². The van der Waals surface area contributed by atoms with Gasteiger partial charge in [-0.3, -0.25) is 14.4 Å². The number of alkyl halides is 2. The van der Waals surface area contributed by atoms with Crippen LogP contribution in [-0.2, 0) is 19.2 Å². The standard InChI is InChI=1S/C13H14ClFN6O5S2/c14-1-13(11(24)25)2-21-9(23)6(10(21)27-3-13)17-8(22)5(19-26-4-15)7-18-12(16)28-20-7/h6,10H,1-4H2,(H,17,22)(H,24,25)(H2,16,18,20)/t6-,10-,13?/m1/s1. The number of halogens is 2. The van der Waals surface area contributed by atoms with Gasteiger partial charge in [0.05, 0.1) is 0 Å². The molecule has 2 aliphatic heterocycles. The predicted molar refractivity (Wildman–Crippen MR) is 98.6 cm³/mol. The lowest BCUT2D eigenvalue weighted by molar-refractivity contribution is -0.157. The molecule has 1 aromatic heterocycles. The highest BCUT2D eigenvalue weighted by atomic mass is 35.5. The number of β-lactam (4-membered cyclic amide) rings is 1. The summed E-state index contributed by atoms with van der Waals surface area (Å²) in [7, 11) is 0. The molecule has 11 nitrogen and oxygen atoms in total. The number of nitrogens with one attached hydrogen (secondary N) is 1. The molecule has 0 bridgehead atoms. The van der Waals surface area contributed by atoms with Gasteiger partial charge in [0.25, 0.3) is 12.8 Å². The van der Waals surface area contributed by atoms with Gasteiger partial charge < -0.3 is 25.9 Å². The molecular weight excluding hydrogens is 439 g/mol. The fourth-order valence-electron chi connectivity index (χ4n) is 2.71. The highest BCUT2D eigenvalue weighted by molar-refractivity contribution is 8.00. The van der Waals surface area contributed by atoms with Crippen LogP contribution in [0.1, 0.15) is 5.82 Å². The number of nitrogens with zero attached hydrogens (tertiary/aromatic N) is 4. The second-order valence-electron chi connectivity index (χ2n) is 5.97. The van der Waals surface area contributed by atoms with Gasteiger partial charge in [0.1, 0.15) is 16.8 Å². The first-order chi connectivity index (χ1) is 13.3. The maximum atomic E-state index is 12.5. The molecule has 152 valence electrons. The highest BCUT2D eigenvalue weighted by Gasteiger charge is 2.57. The molecule has 0 spiro atoms. The Morgan fingerprint density at radius 2 is 2.32 bits per heavy atom. The number of thioether (sulfide) groups is 1. The third-order valence-corrected chi connectivity index (χ3v) is 6.86. The lowest BCUT2D eigenvalue weighted by Gasteiger charge is -2.53. The van der Waals surface area contributed by atoms with Crippen LogP contribution in [0.3, 0.4) is 0 Å². The molecule has 0 saturated carbocycles. The first-order valence-corrected chi connectivity index (χ1v) is 10.1. The maximum absolute atomic E-state index is 12.5. The van der Waals surface area contributed by atoms with Crippen LogP contribution >= 0.6 is 34.9 Å². The molecule has 4 N–H and O–H groups in total. The number of fused-ring (bicyclic) bond motifs is 1. The normalized spacial score (nSPS) is 27.0. The van der Waals surface area contributed by atoms with E-state index in [9.17, 15) is 23.9 Å². The quantitative estimate of drug-likeness (QED) is 0.214. The Balaban J connectivity index is 1.71. The average molecular weight is 453 g/mol. The largest absolute Gasteiger partial charge is 0.481 e. The molecule has 0 aliphatic carbocycles. The summed E-state index contributed by atoms with van der Waals surface area (Å²) in [6, 6.07) is -0.911. The van der Waals surface area contributed by atoms with E-state index in [2.05, 4.69) is 24.7 Å². The molecule has 0 aromatic carbocycles. The van der Waals surface area contributed by atoms with E-state index in [0.717, 1.165) is 11.5 Å². The minimum atomic E-state index is -1.28. The van der Waals surface area contributed by atoms with Crippen LogP contribution in [0.25, 0.3) is 0 Å². The molecular formula is C13H14ClFN6O5S2. The molecule has 15 heteroatoms. The van der Waals surface area contributed by atoms with Crippen molar-refractivity contribution in [2.24, 2.45) is 10.6 Å². The zero-order valence-electron chi connectivity index (χ0n) is 14.0. The average Bonchev–Trinajstić information content (AvgIpc) is 3.11. The molecule has 1 unspecified atom stereocenters. The Hall–Kier alpha value is -2.19. The topological polar surface area (TPSA) is 160 Å². The van der Waals surface area contributed by atoms with E-state index in [1.54, 1.807) is 0 Å². The second kappa shape index (κ2) is 8.05. The van der Waals surface area contributed by atoms with Gasteiger partial charge in [-0.2, -0.15) is 9.36 Å². The van der Waals surface area contributed by atoms with Gasteiger partial charge in [0.2, 0.25) is 17.4 Å². The van der Waals surface area contributed by atoms with Gasteiger partial charge in [0.15, 0.2) is 5.13 Å². The van der Waals surface area contributed by atoms with Crippen molar-refractivity contribution in [3.63, 3.8) is 0 Å². The molecule has 2 amide bonds. The first kappa shape index (κ1) is 20.5. The maximum Gasteiger partial charge on any atom is 0.313 e. The number of nitrogens with two attached hydrogens (primary N) is 1. The van der Waals surface area contributed by atoms with Gasteiger partial charge in [-0.15, -0.1) is 23.4 Å². The minimum Gasteiger partial charge on any atom is -0.481 e. The number of carboxylic acids is 1. The number of hydrogen-bond acceptors (Lipinski definition) is 10. The molecule has 0 radical (unpaired) electrons. The number of amides is 2. The van der Waals surface area contributed by atoms with Crippen molar-refractivity contribution < 1.29 is 28.7 Å². The van der Waals surface area contributed by atoms with Crippen LogP contribution in [0.15, 0.2) is 5.16 Å². The van der Waals surface area contributed by atoms with Crippen molar-refractivity contribution in [1.82, 2.24) is 19.6 Å². The summed E-state index contributed by atoms with van der Waals surface area (Å²) >= 11 is 7.82. The van der Waals surface area contributed by atoms with Crippen LogP contribution in [0, 0.1) is 5.41 Å². The van der Waals surface area contributed by atoms with E-state index in [4.69, 9.17) is 17.3 Å². The zero-order chi connectivity index (χ0) is 20.5. The summed E-state index contributed by atoms with van der Waals surface area (Å²) in [4.78, 5) is 45.9. The lowest BCUT2D eigenvalue weighted by atomic mass is 9.89. The fourth-order valence-corrected chi connectivity index (χ4v) is 5.09. The Morgan fingerprint density at radius 3 is 2.89 bits per heavy atom. The molecule has 28 heavy (non-hydrogen) atoms. The number of carbonyl (C=O) groups excluding carboxylic acids is 2. The van der Waals surface area contributed by atoms with E-state index >= 15 is 0 Å². The van der Waals surface area contributed by atoms with Crippen molar-refractivity contribution in [3.05, 3.63) is 5.82 Å². The van der Waals surface area contributed by atoms with E-state index in [1.165, 1.54) is 16.7 Å². The molecule has 3 atom stereocenters. The minimum absolute atomic E-state index is 0.0508. The number of aromatic nitrogens is 2. The monoisotopic (exact) mass is 452 g/mol. The van der Waals surface area contributed by atoms with Crippen molar-refractivity contribution in [3.8, 4) is 0 Å². The SMILES string of the molecule is Nc1nc(C(=NOCF)C(=O)N[C@@H]2C(=O)N3CC(CCl)(C(=O)O)CS[C@H]23)ns1. The third-order valence-electron chi connectivity index (χ3n) is 4.21. The van der Waals surface area contributed by atoms with Gasteiger partial charge in [-0.25, -0.2) is 4.39 Å². The zero-order valence-corrected chi connectivity index (χ0v) is 16.4. The molecule has 3 heterocycles. The summed E-state index contributed by atoms with van der Waals surface area (Å²) < 4.78 is 16.1.